The van der Waals surface area contributed by atoms with Crippen molar-refractivity contribution in [3.63, 3.8) is 0 Å². The minimum atomic E-state index is -0.593. The maximum atomic E-state index is 10.9. The first-order chi connectivity index (χ1) is 9.30. The van der Waals surface area contributed by atoms with Crippen LogP contribution in [0.5, 0.6) is 0 Å². The summed E-state index contributed by atoms with van der Waals surface area (Å²) < 4.78 is 11.8. The summed E-state index contributed by atoms with van der Waals surface area (Å²) in [5, 5.41) is 11.4. The lowest BCUT2D eigenvalue weighted by Gasteiger charge is -2.32. The third kappa shape index (κ3) is 2.74. The summed E-state index contributed by atoms with van der Waals surface area (Å²) in [7, 11) is -0.593. The van der Waals surface area contributed by atoms with Crippen LogP contribution in [0, 0.1) is 0 Å². The summed E-state index contributed by atoms with van der Waals surface area (Å²) in [5.74, 6) is 0. The smallest absolute Gasteiger partial charge is 0.400 e. The summed E-state index contributed by atoms with van der Waals surface area (Å²) in [6.45, 7) is 7.67. The molecule has 0 saturated carbocycles. The normalized spacial score (nSPS) is 21.2. The largest absolute Gasteiger partial charge is 0.492 e. The van der Waals surface area contributed by atoms with Crippen molar-refractivity contribution in [3.8, 4) is 0 Å². The molecule has 2 rings (SSSR count). The zero-order valence-electron chi connectivity index (χ0n) is 12.2. The highest BCUT2D eigenvalue weighted by atomic mass is 32.1. The fourth-order valence-corrected chi connectivity index (χ4v) is 2.61. The van der Waals surface area contributed by atoms with Crippen LogP contribution in [0.4, 0.5) is 0 Å². The molecule has 0 radical (unpaired) electrons. The molecule has 0 bridgehead atoms. The van der Waals surface area contributed by atoms with Crippen molar-refractivity contribution in [2.45, 2.75) is 38.9 Å². The number of aliphatic hydroxyl groups excluding tert-OH is 1. The number of rotatable bonds is 4. The van der Waals surface area contributed by atoms with Gasteiger partial charge in [-0.25, -0.2) is 0 Å². The lowest BCUT2D eigenvalue weighted by atomic mass is 9.77. The van der Waals surface area contributed by atoms with E-state index in [2.05, 4.69) is 0 Å². The summed E-state index contributed by atoms with van der Waals surface area (Å²) in [6, 6.07) is 1.84. The van der Waals surface area contributed by atoms with Crippen molar-refractivity contribution < 1.29 is 19.2 Å². The standard InChI is InChI=1S/C14H19BO4S/c1-13(2)14(3,4)19-15(18-13)11(8-16)7-10-5-6-20-12(10)9-17/h5-7,9,16H,8H2,1-4H3. The lowest BCUT2D eigenvalue weighted by molar-refractivity contribution is 0.00578. The van der Waals surface area contributed by atoms with E-state index >= 15 is 0 Å². The van der Waals surface area contributed by atoms with Gasteiger partial charge in [0.05, 0.1) is 22.7 Å². The van der Waals surface area contributed by atoms with Gasteiger partial charge in [-0.05, 0) is 50.2 Å². The number of carbonyl (C=O) groups is 1. The molecule has 4 nitrogen and oxygen atoms in total. The Kier molecular flexibility index (Phi) is 4.20. The summed E-state index contributed by atoms with van der Waals surface area (Å²) in [6.07, 6.45) is 2.58. The van der Waals surface area contributed by atoms with Crippen LogP contribution >= 0.6 is 11.3 Å². The molecule has 0 amide bonds. The topological polar surface area (TPSA) is 55.8 Å². The Labute approximate surface area is 123 Å². The molecular weight excluding hydrogens is 275 g/mol. The molecule has 1 aromatic rings. The first kappa shape index (κ1) is 15.4. The molecule has 20 heavy (non-hydrogen) atoms. The predicted molar refractivity (Wildman–Crippen MR) is 80.9 cm³/mol. The van der Waals surface area contributed by atoms with E-state index < -0.39 is 18.3 Å². The van der Waals surface area contributed by atoms with Gasteiger partial charge in [-0.15, -0.1) is 11.3 Å². The molecule has 0 unspecified atom stereocenters. The van der Waals surface area contributed by atoms with Gasteiger partial charge in [-0.1, -0.05) is 6.08 Å². The van der Waals surface area contributed by atoms with Gasteiger partial charge in [0.15, 0.2) is 6.29 Å². The number of aliphatic hydroxyl groups is 1. The molecule has 108 valence electrons. The van der Waals surface area contributed by atoms with Gasteiger partial charge in [0.1, 0.15) is 0 Å². The Hall–Kier alpha value is -0.945. The van der Waals surface area contributed by atoms with E-state index in [1.807, 2.05) is 39.1 Å². The average Bonchev–Trinajstić information content (AvgIpc) is 2.88. The van der Waals surface area contributed by atoms with E-state index in [1.165, 1.54) is 11.3 Å². The van der Waals surface area contributed by atoms with E-state index in [4.69, 9.17) is 9.31 Å². The fraction of sp³-hybridized carbons (Fsp3) is 0.500. The molecule has 0 aliphatic carbocycles. The second kappa shape index (κ2) is 5.45. The molecule has 2 heterocycles. The zero-order valence-corrected chi connectivity index (χ0v) is 13.0. The maximum Gasteiger partial charge on any atom is 0.492 e. The second-order valence-corrected chi connectivity index (χ2v) is 6.77. The first-order valence-electron chi connectivity index (χ1n) is 6.50. The molecule has 0 atom stereocenters. The lowest BCUT2D eigenvalue weighted by Crippen LogP contribution is -2.41. The Morgan fingerprint density at radius 1 is 1.35 bits per heavy atom. The third-order valence-corrected chi connectivity index (χ3v) is 4.77. The van der Waals surface area contributed by atoms with Gasteiger partial charge in [-0.2, -0.15) is 0 Å². The highest BCUT2D eigenvalue weighted by molar-refractivity contribution is 7.12. The van der Waals surface area contributed by atoms with Gasteiger partial charge < -0.3 is 14.4 Å². The monoisotopic (exact) mass is 294 g/mol. The third-order valence-electron chi connectivity index (χ3n) is 3.91. The van der Waals surface area contributed by atoms with Crippen molar-refractivity contribution in [2.75, 3.05) is 6.61 Å². The molecular formula is C14H19BO4S. The molecule has 0 spiro atoms. The molecule has 6 heteroatoms. The van der Waals surface area contributed by atoms with Crippen LogP contribution in [0.1, 0.15) is 42.9 Å². The minimum Gasteiger partial charge on any atom is -0.400 e. The minimum absolute atomic E-state index is 0.176. The number of hydrogen-bond acceptors (Lipinski definition) is 5. The molecule has 1 aliphatic heterocycles. The molecule has 1 saturated heterocycles. The molecule has 1 N–H and O–H groups in total. The second-order valence-electron chi connectivity index (χ2n) is 5.82. The summed E-state index contributed by atoms with van der Waals surface area (Å²) >= 11 is 1.37. The molecule has 1 fully saturated rings. The van der Waals surface area contributed by atoms with Crippen molar-refractivity contribution >= 4 is 30.8 Å². The quantitative estimate of drug-likeness (QED) is 0.685. The SMILES string of the molecule is CC1(C)OB(C(=Cc2ccsc2C=O)CO)OC1(C)C. The van der Waals surface area contributed by atoms with Gasteiger partial charge in [0, 0.05) is 0 Å². The van der Waals surface area contributed by atoms with E-state index in [-0.39, 0.29) is 6.61 Å². The van der Waals surface area contributed by atoms with Gasteiger partial charge >= 0.3 is 7.12 Å². The van der Waals surface area contributed by atoms with E-state index in [1.54, 1.807) is 6.08 Å². The van der Waals surface area contributed by atoms with Crippen LogP contribution in [-0.2, 0) is 9.31 Å². The maximum absolute atomic E-state index is 10.9. The van der Waals surface area contributed by atoms with Crippen LogP contribution in [0.2, 0.25) is 0 Å². The Morgan fingerprint density at radius 2 is 1.95 bits per heavy atom. The Morgan fingerprint density at radius 3 is 2.45 bits per heavy atom. The van der Waals surface area contributed by atoms with Gasteiger partial charge in [0.2, 0.25) is 0 Å². The predicted octanol–water partition coefficient (Wildman–Crippen LogP) is 2.57. The summed E-state index contributed by atoms with van der Waals surface area (Å²) in [5.41, 5.74) is 0.496. The number of aldehydes is 1. The highest BCUT2D eigenvalue weighted by Crippen LogP contribution is 2.38. The van der Waals surface area contributed by atoms with Crippen LogP contribution in [-0.4, -0.2) is 36.3 Å². The zero-order chi connectivity index (χ0) is 15.0. The highest BCUT2D eigenvalue weighted by Gasteiger charge is 2.52. The molecule has 1 aromatic heterocycles. The Balaban J connectivity index is 2.29. The van der Waals surface area contributed by atoms with Crippen molar-refractivity contribution in [1.29, 1.82) is 0 Å². The Bertz CT molecular complexity index is 517. The molecule has 0 aromatic carbocycles. The number of hydrogen-bond donors (Lipinski definition) is 1. The van der Waals surface area contributed by atoms with E-state index in [0.717, 1.165) is 11.8 Å². The van der Waals surface area contributed by atoms with Crippen molar-refractivity contribution in [1.82, 2.24) is 0 Å². The summed E-state index contributed by atoms with van der Waals surface area (Å²) in [4.78, 5) is 11.6. The first-order valence-corrected chi connectivity index (χ1v) is 7.38. The fourth-order valence-electron chi connectivity index (χ4n) is 1.93. The van der Waals surface area contributed by atoms with Crippen molar-refractivity contribution in [2.24, 2.45) is 0 Å². The number of carbonyl (C=O) groups excluding carboxylic acids is 1. The van der Waals surface area contributed by atoms with Crippen LogP contribution in [0.25, 0.3) is 6.08 Å². The number of thiophene rings is 1. The van der Waals surface area contributed by atoms with Gasteiger partial charge in [-0.3, -0.25) is 4.79 Å². The van der Waals surface area contributed by atoms with Gasteiger partial charge in [0.25, 0.3) is 0 Å². The average molecular weight is 294 g/mol. The van der Waals surface area contributed by atoms with E-state index in [0.29, 0.717) is 10.3 Å². The molecule has 1 aliphatic rings. The van der Waals surface area contributed by atoms with Crippen LogP contribution < -0.4 is 0 Å². The van der Waals surface area contributed by atoms with Crippen LogP contribution in [0.15, 0.2) is 16.9 Å². The van der Waals surface area contributed by atoms with Crippen molar-refractivity contribution in [3.05, 3.63) is 27.4 Å². The van der Waals surface area contributed by atoms with Crippen LogP contribution in [0.3, 0.4) is 0 Å². The van der Waals surface area contributed by atoms with E-state index in [9.17, 15) is 9.90 Å².